The molecule has 0 unspecified atom stereocenters. The van der Waals surface area contributed by atoms with Crippen LogP contribution in [0.2, 0.25) is 0 Å². The molecule has 3 amide bonds. The van der Waals surface area contributed by atoms with Crippen LogP contribution in [0.4, 0.5) is 0 Å². The number of rotatable bonds is 18. The zero-order chi connectivity index (χ0) is 32.1. The Balaban J connectivity index is 1.36. The van der Waals surface area contributed by atoms with Crippen molar-refractivity contribution in [2.75, 3.05) is 32.9 Å². The van der Waals surface area contributed by atoms with E-state index in [9.17, 15) is 39.3 Å². The molecule has 44 heavy (non-hydrogen) atoms. The number of ether oxygens (including phenoxy) is 5. The van der Waals surface area contributed by atoms with Crippen molar-refractivity contribution < 1.29 is 63.0 Å². The summed E-state index contributed by atoms with van der Waals surface area (Å²) in [5, 5.41) is 32.4. The molecular formula is C29H38N2O13. The SMILES string of the molecule is CC(=O)OCc1ccc(OCCOCCNC(=O)CCCCCN2C(=O)C=CC2=O)cc1O[C@@H]1O[C@H](C(=O)O)C[C@H](O)[C@H]1O. The molecule has 15 heteroatoms. The Morgan fingerprint density at radius 2 is 1.80 bits per heavy atom. The number of carboxylic acids is 1. The molecule has 1 aromatic rings. The molecule has 0 bridgehead atoms. The summed E-state index contributed by atoms with van der Waals surface area (Å²) in [5.41, 5.74) is 0.386. The van der Waals surface area contributed by atoms with E-state index in [4.69, 9.17) is 23.7 Å². The quantitative estimate of drug-likeness (QED) is 0.0971. The number of nitrogens with one attached hydrogen (secondary N) is 1. The van der Waals surface area contributed by atoms with Crippen LogP contribution in [0.25, 0.3) is 0 Å². The Morgan fingerprint density at radius 3 is 2.50 bits per heavy atom. The van der Waals surface area contributed by atoms with Gasteiger partial charge in [0.1, 0.15) is 30.8 Å². The van der Waals surface area contributed by atoms with E-state index in [0.29, 0.717) is 50.1 Å². The van der Waals surface area contributed by atoms with Crippen LogP contribution in [0.3, 0.4) is 0 Å². The number of carbonyl (C=O) groups excluding carboxylic acids is 4. The van der Waals surface area contributed by atoms with E-state index >= 15 is 0 Å². The van der Waals surface area contributed by atoms with Crippen molar-refractivity contribution in [3.63, 3.8) is 0 Å². The Hall–Kier alpha value is -4.05. The van der Waals surface area contributed by atoms with E-state index in [1.165, 1.54) is 30.0 Å². The first-order valence-electron chi connectivity index (χ1n) is 14.2. The van der Waals surface area contributed by atoms with Gasteiger partial charge in [-0.3, -0.25) is 24.1 Å². The number of nitrogens with zero attached hydrogens (tertiary/aromatic N) is 1. The van der Waals surface area contributed by atoms with Crippen LogP contribution in [0.5, 0.6) is 11.5 Å². The smallest absolute Gasteiger partial charge is 0.333 e. The number of unbranched alkanes of at least 4 members (excludes halogenated alkanes) is 2. The fourth-order valence-electron chi connectivity index (χ4n) is 4.31. The highest BCUT2D eigenvalue weighted by molar-refractivity contribution is 6.12. The number of carbonyl (C=O) groups is 5. The van der Waals surface area contributed by atoms with Gasteiger partial charge in [0, 0.05) is 56.6 Å². The predicted octanol–water partition coefficient (Wildman–Crippen LogP) is 0.0469. The van der Waals surface area contributed by atoms with Gasteiger partial charge >= 0.3 is 11.9 Å². The largest absolute Gasteiger partial charge is 0.491 e. The van der Waals surface area contributed by atoms with Gasteiger partial charge in [-0.05, 0) is 25.0 Å². The number of aliphatic hydroxyl groups excluding tert-OH is 2. The Bertz CT molecular complexity index is 1190. The number of hydrogen-bond donors (Lipinski definition) is 4. The second-order valence-electron chi connectivity index (χ2n) is 10.1. The summed E-state index contributed by atoms with van der Waals surface area (Å²) in [6.45, 7) is 2.28. The highest BCUT2D eigenvalue weighted by Gasteiger charge is 2.41. The van der Waals surface area contributed by atoms with Gasteiger partial charge in [0.25, 0.3) is 11.8 Å². The fraction of sp³-hybridized carbons (Fsp3) is 0.552. The van der Waals surface area contributed by atoms with Crippen molar-refractivity contribution >= 4 is 29.7 Å². The van der Waals surface area contributed by atoms with Crippen LogP contribution in [0, 0.1) is 0 Å². The van der Waals surface area contributed by atoms with Gasteiger partial charge in [-0.25, -0.2) is 4.79 Å². The molecule has 0 aliphatic carbocycles. The Morgan fingerprint density at radius 1 is 1.05 bits per heavy atom. The molecule has 1 fully saturated rings. The normalized spacial score (nSPS) is 21.3. The van der Waals surface area contributed by atoms with Crippen molar-refractivity contribution in [1.29, 1.82) is 0 Å². The lowest BCUT2D eigenvalue weighted by molar-refractivity contribution is -0.238. The van der Waals surface area contributed by atoms with Gasteiger partial charge in [0.2, 0.25) is 12.2 Å². The molecule has 4 N–H and O–H groups in total. The molecule has 15 nitrogen and oxygen atoms in total. The Labute approximate surface area is 253 Å². The van der Waals surface area contributed by atoms with Crippen molar-refractivity contribution in [3.8, 4) is 11.5 Å². The number of aliphatic hydroxyl groups is 2. The average Bonchev–Trinajstić information content (AvgIpc) is 3.30. The van der Waals surface area contributed by atoms with Crippen molar-refractivity contribution in [1.82, 2.24) is 10.2 Å². The van der Waals surface area contributed by atoms with Crippen molar-refractivity contribution in [2.24, 2.45) is 0 Å². The average molecular weight is 623 g/mol. The van der Waals surface area contributed by atoms with Crippen LogP contribution in [-0.2, 0) is 44.8 Å². The number of carboxylic acid groups (broad SMARTS) is 1. The Kier molecular flexibility index (Phi) is 13.5. The van der Waals surface area contributed by atoms with Crippen LogP contribution < -0.4 is 14.8 Å². The third-order valence-corrected chi connectivity index (χ3v) is 6.67. The molecule has 3 rings (SSSR count). The molecule has 0 radical (unpaired) electrons. The number of imide groups is 1. The van der Waals surface area contributed by atoms with Crippen LogP contribution >= 0.6 is 0 Å². The van der Waals surface area contributed by atoms with E-state index in [0.717, 1.165) is 0 Å². The second-order valence-corrected chi connectivity index (χ2v) is 10.1. The van der Waals surface area contributed by atoms with Gasteiger partial charge in [-0.1, -0.05) is 6.42 Å². The second kappa shape index (κ2) is 17.3. The van der Waals surface area contributed by atoms with E-state index in [-0.39, 0.29) is 56.3 Å². The van der Waals surface area contributed by atoms with Gasteiger partial charge in [-0.2, -0.15) is 0 Å². The standard InChI is InChI=1S/C29H38N2O13/c1-18(32)42-17-19-6-7-20(15-22(19)43-29-27(37)21(33)16-23(44-29)28(38)39)41-14-13-40-12-10-30-24(34)5-3-2-4-11-31-25(35)8-9-26(31)36/h6-9,15,21,23,27,29,33,37H,2-5,10-14,16-17H2,1H3,(H,30,34)(H,38,39)/t21-,23-,27+,29+/m0/s1. The highest BCUT2D eigenvalue weighted by atomic mass is 16.7. The molecule has 1 saturated heterocycles. The molecule has 1 aromatic carbocycles. The zero-order valence-electron chi connectivity index (χ0n) is 24.3. The molecule has 2 heterocycles. The number of hydrogen-bond acceptors (Lipinski definition) is 12. The van der Waals surface area contributed by atoms with E-state index in [1.54, 1.807) is 12.1 Å². The number of benzene rings is 1. The maximum Gasteiger partial charge on any atom is 0.333 e. The summed E-state index contributed by atoms with van der Waals surface area (Å²) in [7, 11) is 0. The lowest BCUT2D eigenvalue weighted by Gasteiger charge is -2.35. The minimum absolute atomic E-state index is 0.0877. The number of amides is 3. The van der Waals surface area contributed by atoms with Gasteiger partial charge in [0.15, 0.2) is 6.10 Å². The molecule has 2 aliphatic rings. The predicted molar refractivity (Wildman–Crippen MR) is 149 cm³/mol. The van der Waals surface area contributed by atoms with Gasteiger partial charge in [-0.15, -0.1) is 0 Å². The number of esters is 1. The monoisotopic (exact) mass is 622 g/mol. The summed E-state index contributed by atoms with van der Waals surface area (Å²) < 4.78 is 27.2. The van der Waals surface area contributed by atoms with E-state index in [2.05, 4.69) is 5.32 Å². The fourth-order valence-corrected chi connectivity index (χ4v) is 4.31. The molecule has 242 valence electrons. The van der Waals surface area contributed by atoms with Gasteiger partial charge in [0.05, 0.1) is 19.3 Å². The van der Waals surface area contributed by atoms with E-state index < -0.39 is 36.5 Å². The third kappa shape index (κ3) is 10.9. The summed E-state index contributed by atoms with van der Waals surface area (Å²) in [6, 6.07) is 4.60. The van der Waals surface area contributed by atoms with Crippen molar-refractivity contribution in [3.05, 3.63) is 35.9 Å². The number of aliphatic carboxylic acids is 1. The topological polar surface area (TPSA) is 207 Å². The lowest BCUT2D eigenvalue weighted by Crippen LogP contribution is -2.52. The molecule has 0 saturated carbocycles. The van der Waals surface area contributed by atoms with Crippen LogP contribution in [0.1, 0.15) is 44.6 Å². The van der Waals surface area contributed by atoms with Crippen LogP contribution in [-0.4, -0.2) is 107 Å². The summed E-state index contributed by atoms with van der Waals surface area (Å²) in [5.74, 6) is -2.19. The van der Waals surface area contributed by atoms with Crippen molar-refractivity contribution in [2.45, 2.75) is 70.2 Å². The first-order chi connectivity index (χ1) is 21.0. The lowest BCUT2D eigenvalue weighted by atomic mass is 10.0. The molecule has 4 atom stereocenters. The van der Waals surface area contributed by atoms with Crippen LogP contribution in [0.15, 0.2) is 30.4 Å². The highest BCUT2D eigenvalue weighted by Crippen LogP contribution is 2.30. The summed E-state index contributed by atoms with van der Waals surface area (Å²) in [6.07, 6.45) is -1.35. The third-order valence-electron chi connectivity index (χ3n) is 6.67. The first-order valence-corrected chi connectivity index (χ1v) is 14.2. The summed E-state index contributed by atoms with van der Waals surface area (Å²) in [4.78, 5) is 58.8. The van der Waals surface area contributed by atoms with Gasteiger partial charge < -0.3 is 44.3 Å². The minimum Gasteiger partial charge on any atom is -0.491 e. The minimum atomic E-state index is -1.53. The molecule has 0 spiro atoms. The first kappa shape index (κ1) is 34.4. The molecular weight excluding hydrogens is 584 g/mol. The molecule has 2 aliphatic heterocycles. The maximum absolute atomic E-state index is 12.0. The zero-order valence-corrected chi connectivity index (χ0v) is 24.3. The summed E-state index contributed by atoms with van der Waals surface area (Å²) >= 11 is 0. The molecule has 0 aromatic heterocycles. The van der Waals surface area contributed by atoms with E-state index in [1.807, 2.05) is 0 Å². The maximum atomic E-state index is 12.0.